The Bertz CT molecular complexity index is 706. The molecule has 0 bridgehead atoms. The Balaban J connectivity index is 0.00000220. The molecule has 0 atom stereocenters. The van der Waals surface area contributed by atoms with Gasteiger partial charge < -0.3 is 10.4 Å². The van der Waals surface area contributed by atoms with Crippen LogP contribution in [0, 0.1) is 11.3 Å². The Hall–Kier alpha value is -2.84. The summed E-state index contributed by atoms with van der Waals surface area (Å²) in [6.07, 6.45) is 0. The third-order valence-corrected chi connectivity index (χ3v) is 2.64. The highest BCUT2D eigenvalue weighted by atomic mass is 35.5. The summed E-state index contributed by atoms with van der Waals surface area (Å²) in [5.74, 6) is -1.42. The molecule has 21 heavy (non-hydrogen) atoms. The van der Waals surface area contributed by atoms with Gasteiger partial charge in [-0.25, -0.2) is 4.79 Å². The van der Waals surface area contributed by atoms with Gasteiger partial charge in [-0.15, -0.1) is 12.4 Å². The minimum atomic E-state index is -1.06. The summed E-state index contributed by atoms with van der Waals surface area (Å²) in [4.78, 5) is 22.8. The second-order valence-electron chi connectivity index (χ2n) is 4.03. The van der Waals surface area contributed by atoms with Crippen molar-refractivity contribution < 1.29 is 14.7 Å². The Morgan fingerprint density at radius 2 is 1.71 bits per heavy atom. The summed E-state index contributed by atoms with van der Waals surface area (Å²) >= 11 is 0. The lowest BCUT2D eigenvalue weighted by Gasteiger charge is -2.06. The monoisotopic (exact) mass is 302 g/mol. The molecule has 0 aliphatic carbocycles. The number of carboxylic acids is 1. The van der Waals surface area contributed by atoms with E-state index in [4.69, 9.17) is 10.4 Å². The van der Waals surface area contributed by atoms with E-state index in [1.165, 1.54) is 24.3 Å². The van der Waals surface area contributed by atoms with E-state index >= 15 is 0 Å². The second kappa shape index (κ2) is 7.08. The number of halogens is 1. The number of aromatic carboxylic acids is 1. The fourth-order valence-electron chi connectivity index (χ4n) is 1.63. The van der Waals surface area contributed by atoms with Gasteiger partial charge in [0, 0.05) is 11.3 Å². The molecule has 0 aromatic heterocycles. The van der Waals surface area contributed by atoms with Crippen molar-refractivity contribution in [3.8, 4) is 6.07 Å². The molecular formula is C15H11ClN2O3. The van der Waals surface area contributed by atoms with Crippen molar-refractivity contribution in [2.75, 3.05) is 5.32 Å². The number of carboxylic acid groups (broad SMARTS) is 1. The summed E-state index contributed by atoms with van der Waals surface area (Å²) in [5, 5.41) is 20.2. The largest absolute Gasteiger partial charge is 0.478 e. The predicted octanol–water partition coefficient (Wildman–Crippen LogP) is 2.93. The standard InChI is InChI=1S/C15H10N2O3.ClH/c16-9-10-4-6-11(7-5-10)14(18)17-13-3-1-2-12(8-13)15(19)20;/h1-8H,(H,17,18)(H,19,20);1H. The lowest BCUT2D eigenvalue weighted by molar-refractivity contribution is 0.0696. The normalized spacial score (nSPS) is 9.10. The molecule has 5 nitrogen and oxygen atoms in total. The van der Waals surface area contributed by atoms with Crippen molar-refractivity contribution >= 4 is 30.0 Å². The van der Waals surface area contributed by atoms with Gasteiger partial charge in [-0.2, -0.15) is 5.26 Å². The van der Waals surface area contributed by atoms with E-state index in [1.807, 2.05) is 6.07 Å². The number of nitrogens with one attached hydrogen (secondary N) is 1. The van der Waals surface area contributed by atoms with E-state index in [0.717, 1.165) is 0 Å². The van der Waals surface area contributed by atoms with Crippen LogP contribution in [0.4, 0.5) is 5.69 Å². The molecule has 2 aromatic carbocycles. The minimum absolute atomic E-state index is 0. The molecule has 0 heterocycles. The fourth-order valence-corrected chi connectivity index (χ4v) is 1.63. The third kappa shape index (κ3) is 4.06. The number of amides is 1. The molecule has 0 radical (unpaired) electrons. The topological polar surface area (TPSA) is 90.2 Å². The van der Waals surface area contributed by atoms with Gasteiger partial charge in [-0.05, 0) is 42.5 Å². The van der Waals surface area contributed by atoms with Crippen LogP contribution < -0.4 is 5.32 Å². The van der Waals surface area contributed by atoms with E-state index < -0.39 is 5.97 Å². The third-order valence-electron chi connectivity index (χ3n) is 2.64. The van der Waals surface area contributed by atoms with Crippen LogP contribution in [0.2, 0.25) is 0 Å². The van der Waals surface area contributed by atoms with Gasteiger partial charge in [0.2, 0.25) is 0 Å². The zero-order valence-electron chi connectivity index (χ0n) is 10.7. The minimum Gasteiger partial charge on any atom is -0.478 e. The van der Waals surface area contributed by atoms with Crippen LogP contribution in [0.1, 0.15) is 26.3 Å². The number of benzene rings is 2. The van der Waals surface area contributed by atoms with E-state index in [-0.39, 0.29) is 23.9 Å². The SMILES string of the molecule is Cl.N#Cc1ccc(C(=O)Nc2cccc(C(=O)O)c2)cc1. The Kier molecular flexibility index (Phi) is 5.47. The molecule has 0 saturated carbocycles. The molecule has 2 N–H and O–H groups in total. The van der Waals surface area contributed by atoms with Crippen LogP contribution in [0.3, 0.4) is 0 Å². The van der Waals surface area contributed by atoms with E-state index in [0.29, 0.717) is 16.8 Å². The van der Waals surface area contributed by atoms with Crippen LogP contribution in [-0.2, 0) is 0 Å². The first-order valence-electron chi connectivity index (χ1n) is 5.75. The molecule has 6 heteroatoms. The average molecular weight is 303 g/mol. The smallest absolute Gasteiger partial charge is 0.335 e. The van der Waals surface area contributed by atoms with Gasteiger partial charge >= 0.3 is 5.97 Å². The molecule has 2 rings (SSSR count). The van der Waals surface area contributed by atoms with E-state index in [1.54, 1.807) is 24.3 Å². The number of nitriles is 1. The lowest BCUT2D eigenvalue weighted by Crippen LogP contribution is -2.12. The van der Waals surface area contributed by atoms with Crippen LogP contribution in [0.15, 0.2) is 48.5 Å². The van der Waals surface area contributed by atoms with Crippen molar-refractivity contribution in [3.05, 3.63) is 65.2 Å². The van der Waals surface area contributed by atoms with Gasteiger partial charge in [-0.1, -0.05) is 6.07 Å². The fraction of sp³-hybridized carbons (Fsp3) is 0. The van der Waals surface area contributed by atoms with Crippen molar-refractivity contribution in [1.29, 1.82) is 5.26 Å². The maximum absolute atomic E-state index is 12.0. The summed E-state index contributed by atoms with van der Waals surface area (Å²) in [7, 11) is 0. The molecule has 2 aromatic rings. The molecular weight excluding hydrogens is 292 g/mol. The summed E-state index contributed by atoms with van der Waals surface area (Å²) in [6, 6.07) is 14.1. The number of hydrogen-bond donors (Lipinski definition) is 2. The highest BCUT2D eigenvalue weighted by molar-refractivity contribution is 6.04. The number of carbonyl (C=O) groups is 2. The van der Waals surface area contributed by atoms with E-state index in [2.05, 4.69) is 5.32 Å². The molecule has 0 saturated heterocycles. The number of carbonyl (C=O) groups excluding carboxylic acids is 1. The summed E-state index contributed by atoms with van der Waals surface area (Å²) < 4.78 is 0. The number of anilines is 1. The zero-order valence-corrected chi connectivity index (χ0v) is 11.6. The Morgan fingerprint density at radius 3 is 2.29 bits per heavy atom. The van der Waals surface area contributed by atoms with E-state index in [9.17, 15) is 9.59 Å². The molecule has 106 valence electrons. The van der Waals surface area contributed by atoms with Gasteiger partial charge in [0.25, 0.3) is 5.91 Å². The van der Waals surface area contributed by atoms with Gasteiger partial charge in [0.15, 0.2) is 0 Å². The van der Waals surface area contributed by atoms with Gasteiger partial charge in [-0.3, -0.25) is 4.79 Å². The first kappa shape index (κ1) is 16.2. The molecule has 1 amide bonds. The number of hydrogen-bond acceptors (Lipinski definition) is 3. The zero-order chi connectivity index (χ0) is 14.5. The Morgan fingerprint density at radius 1 is 1.05 bits per heavy atom. The van der Waals surface area contributed by atoms with Crippen LogP contribution >= 0.6 is 12.4 Å². The average Bonchev–Trinajstić information content (AvgIpc) is 2.47. The first-order chi connectivity index (χ1) is 9.60. The summed E-state index contributed by atoms with van der Waals surface area (Å²) in [6.45, 7) is 0. The highest BCUT2D eigenvalue weighted by Crippen LogP contribution is 2.13. The van der Waals surface area contributed by atoms with Crippen molar-refractivity contribution in [2.45, 2.75) is 0 Å². The molecule has 0 aliphatic heterocycles. The van der Waals surface area contributed by atoms with Crippen LogP contribution in [0.25, 0.3) is 0 Å². The quantitative estimate of drug-likeness (QED) is 0.912. The van der Waals surface area contributed by atoms with Crippen LogP contribution in [-0.4, -0.2) is 17.0 Å². The Labute approximate surface area is 127 Å². The molecule has 0 unspecified atom stereocenters. The van der Waals surface area contributed by atoms with Crippen molar-refractivity contribution in [3.63, 3.8) is 0 Å². The lowest BCUT2D eigenvalue weighted by atomic mass is 10.1. The number of nitrogens with zero attached hydrogens (tertiary/aromatic N) is 1. The van der Waals surface area contributed by atoms with Gasteiger partial charge in [0.1, 0.15) is 0 Å². The molecule has 0 aliphatic rings. The molecule has 0 spiro atoms. The van der Waals surface area contributed by atoms with Crippen molar-refractivity contribution in [1.82, 2.24) is 0 Å². The molecule has 0 fully saturated rings. The first-order valence-corrected chi connectivity index (χ1v) is 5.75. The van der Waals surface area contributed by atoms with Crippen LogP contribution in [0.5, 0.6) is 0 Å². The maximum Gasteiger partial charge on any atom is 0.335 e. The van der Waals surface area contributed by atoms with Crippen molar-refractivity contribution in [2.24, 2.45) is 0 Å². The maximum atomic E-state index is 12.0. The predicted molar refractivity (Wildman–Crippen MR) is 79.8 cm³/mol. The summed E-state index contributed by atoms with van der Waals surface area (Å²) in [5.41, 5.74) is 1.36. The second-order valence-corrected chi connectivity index (χ2v) is 4.03. The van der Waals surface area contributed by atoms with Gasteiger partial charge in [0.05, 0.1) is 17.2 Å². The number of rotatable bonds is 3. The highest BCUT2D eigenvalue weighted by Gasteiger charge is 2.08.